The number of para-hydroxylation sites is 1. The number of hydrazone groups is 1. The van der Waals surface area contributed by atoms with E-state index >= 15 is 0 Å². The molecule has 1 aliphatic rings. The van der Waals surface area contributed by atoms with E-state index in [0.717, 1.165) is 12.1 Å². The summed E-state index contributed by atoms with van der Waals surface area (Å²) in [6, 6.07) is 10.9. The molecule has 0 radical (unpaired) electrons. The molecule has 0 bridgehead atoms. The molecule has 104 valence electrons. The number of halogens is 2. The van der Waals surface area contributed by atoms with Gasteiger partial charge in [0.1, 0.15) is 23.0 Å². The summed E-state index contributed by atoms with van der Waals surface area (Å²) in [5.74, 6) is -3.35. The van der Waals surface area contributed by atoms with E-state index in [1.165, 1.54) is 36.4 Å². The van der Waals surface area contributed by atoms with Crippen LogP contribution in [0.4, 0.5) is 14.5 Å². The molecule has 0 spiro atoms. The summed E-state index contributed by atoms with van der Waals surface area (Å²) in [5.41, 5.74) is -0.571. The Morgan fingerprint density at radius 2 is 1.48 bits per heavy atom. The summed E-state index contributed by atoms with van der Waals surface area (Å²) in [6.45, 7) is 0. The minimum absolute atomic E-state index is 0.0883. The summed E-state index contributed by atoms with van der Waals surface area (Å²) >= 11 is 0. The Kier molecular flexibility index (Phi) is 3.06. The number of hydrogen-bond acceptors (Lipinski definition) is 3. The van der Waals surface area contributed by atoms with Crippen LogP contribution in [0.2, 0.25) is 0 Å². The first kappa shape index (κ1) is 13.1. The van der Waals surface area contributed by atoms with Crippen molar-refractivity contribution in [3.05, 3.63) is 65.7 Å². The summed E-state index contributed by atoms with van der Waals surface area (Å²) in [7, 11) is 0. The van der Waals surface area contributed by atoms with Gasteiger partial charge < -0.3 is 0 Å². The van der Waals surface area contributed by atoms with Crippen molar-refractivity contribution in [3.8, 4) is 0 Å². The lowest BCUT2D eigenvalue weighted by Crippen LogP contribution is -2.28. The van der Waals surface area contributed by atoms with Crippen LogP contribution in [-0.2, 0) is 9.59 Å². The van der Waals surface area contributed by atoms with E-state index in [9.17, 15) is 18.4 Å². The molecule has 3 rings (SSSR count). The molecule has 1 heterocycles. The average Bonchev–Trinajstić information content (AvgIpc) is 2.77. The van der Waals surface area contributed by atoms with Gasteiger partial charge in [0.15, 0.2) is 0 Å². The monoisotopic (exact) mass is 286 g/mol. The molecule has 2 aromatic carbocycles. The number of carbonyl (C=O) groups excluding carboxylic acids is 2. The molecular formula is C15H8F2N2O2. The van der Waals surface area contributed by atoms with Crippen molar-refractivity contribution in [2.24, 2.45) is 5.10 Å². The molecule has 0 unspecified atom stereocenters. The number of carbonyl (C=O) groups is 2. The number of rotatable bonds is 2. The van der Waals surface area contributed by atoms with Crippen LogP contribution in [0.15, 0.2) is 53.6 Å². The molecule has 0 fully saturated rings. The van der Waals surface area contributed by atoms with E-state index in [4.69, 9.17) is 0 Å². The second-order valence-corrected chi connectivity index (χ2v) is 4.33. The largest absolute Gasteiger partial charge is 0.321 e. The molecule has 0 aliphatic carbocycles. The van der Waals surface area contributed by atoms with Crippen molar-refractivity contribution < 1.29 is 18.4 Å². The van der Waals surface area contributed by atoms with Gasteiger partial charge in [-0.05, 0) is 24.3 Å². The van der Waals surface area contributed by atoms with Gasteiger partial charge in [-0.2, -0.15) is 10.1 Å². The Balaban J connectivity index is 2.10. The van der Waals surface area contributed by atoms with Crippen LogP contribution in [0.5, 0.6) is 0 Å². The van der Waals surface area contributed by atoms with Crippen LogP contribution in [0.3, 0.4) is 0 Å². The molecule has 1 amide bonds. The first-order valence-corrected chi connectivity index (χ1v) is 6.06. The molecular weight excluding hydrogens is 278 g/mol. The fourth-order valence-corrected chi connectivity index (χ4v) is 2.00. The zero-order valence-electron chi connectivity index (χ0n) is 10.6. The third-order valence-corrected chi connectivity index (χ3v) is 3.01. The number of benzene rings is 2. The summed E-state index contributed by atoms with van der Waals surface area (Å²) in [4.78, 5) is 23.9. The van der Waals surface area contributed by atoms with Gasteiger partial charge in [0.25, 0.3) is 5.78 Å². The first-order chi connectivity index (χ1) is 10.1. The van der Waals surface area contributed by atoms with Gasteiger partial charge in [0, 0.05) is 5.56 Å². The molecule has 0 saturated carbocycles. The van der Waals surface area contributed by atoms with Crippen molar-refractivity contribution in [1.82, 2.24) is 0 Å². The van der Waals surface area contributed by atoms with Crippen molar-refractivity contribution in [1.29, 1.82) is 0 Å². The quantitative estimate of drug-likeness (QED) is 0.795. The Morgan fingerprint density at radius 3 is 2.14 bits per heavy atom. The molecule has 0 atom stereocenters. The van der Waals surface area contributed by atoms with Gasteiger partial charge in [-0.1, -0.05) is 24.3 Å². The maximum absolute atomic E-state index is 13.7. The second-order valence-electron chi connectivity index (χ2n) is 4.33. The van der Waals surface area contributed by atoms with Crippen molar-refractivity contribution in [3.63, 3.8) is 0 Å². The van der Waals surface area contributed by atoms with Crippen LogP contribution in [-0.4, -0.2) is 17.4 Å². The number of hydrogen-bond donors (Lipinski definition) is 0. The maximum Gasteiger partial charge on any atom is 0.321 e. The number of ketones is 1. The molecule has 6 heteroatoms. The van der Waals surface area contributed by atoms with Crippen LogP contribution < -0.4 is 5.01 Å². The summed E-state index contributed by atoms with van der Waals surface area (Å²) < 4.78 is 27.4. The number of amides is 1. The normalized spacial score (nSPS) is 14.6. The summed E-state index contributed by atoms with van der Waals surface area (Å²) in [6.07, 6.45) is 0. The highest BCUT2D eigenvalue weighted by Gasteiger charge is 2.37. The SMILES string of the molecule is O=C1C(=O)N(c2ccccc2F)N=C1c1ccccc1F. The predicted molar refractivity (Wildman–Crippen MR) is 71.8 cm³/mol. The topological polar surface area (TPSA) is 49.7 Å². The second kappa shape index (κ2) is 4.90. The fraction of sp³-hybridized carbons (Fsp3) is 0. The van der Waals surface area contributed by atoms with Crippen LogP contribution >= 0.6 is 0 Å². The molecule has 0 aromatic heterocycles. The number of Topliss-reactive ketones (excluding diaryl/α,β-unsaturated/α-hetero) is 1. The van der Waals surface area contributed by atoms with E-state index in [2.05, 4.69) is 5.10 Å². The van der Waals surface area contributed by atoms with E-state index in [-0.39, 0.29) is 17.0 Å². The van der Waals surface area contributed by atoms with Gasteiger partial charge in [-0.3, -0.25) is 9.59 Å². The van der Waals surface area contributed by atoms with E-state index < -0.39 is 23.3 Å². The summed E-state index contributed by atoms with van der Waals surface area (Å²) in [5, 5.41) is 4.44. The number of nitrogens with zero attached hydrogens (tertiary/aromatic N) is 2. The molecule has 0 N–H and O–H groups in total. The predicted octanol–water partition coefficient (Wildman–Crippen LogP) is 2.28. The Hall–Kier alpha value is -2.89. The van der Waals surface area contributed by atoms with Gasteiger partial charge in [-0.15, -0.1) is 0 Å². The third-order valence-electron chi connectivity index (χ3n) is 3.01. The maximum atomic E-state index is 13.7. The molecule has 21 heavy (non-hydrogen) atoms. The fourth-order valence-electron chi connectivity index (χ4n) is 2.00. The van der Waals surface area contributed by atoms with E-state index in [1.807, 2.05) is 0 Å². The highest BCUT2D eigenvalue weighted by molar-refractivity contribution is 6.72. The first-order valence-electron chi connectivity index (χ1n) is 6.06. The molecule has 2 aromatic rings. The Bertz CT molecular complexity index is 787. The van der Waals surface area contributed by atoms with Crippen molar-refractivity contribution in [2.75, 3.05) is 5.01 Å². The molecule has 0 saturated heterocycles. The molecule has 4 nitrogen and oxygen atoms in total. The minimum Gasteiger partial charge on any atom is -0.281 e. The van der Waals surface area contributed by atoms with Crippen molar-refractivity contribution in [2.45, 2.75) is 0 Å². The van der Waals surface area contributed by atoms with E-state index in [1.54, 1.807) is 0 Å². The van der Waals surface area contributed by atoms with E-state index in [0.29, 0.717) is 5.01 Å². The standard InChI is InChI=1S/C15H8F2N2O2/c16-10-6-2-1-5-9(10)13-14(20)15(21)19(18-13)12-8-4-3-7-11(12)17/h1-8H. The average molecular weight is 286 g/mol. The zero-order chi connectivity index (χ0) is 15.0. The minimum atomic E-state index is -1.02. The van der Waals surface area contributed by atoms with Gasteiger partial charge in [0.05, 0.1) is 0 Å². The highest BCUT2D eigenvalue weighted by atomic mass is 19.1. The zero-order valence-corrected chi connectivity index (χ0v) is 10.6. The lowest BCUT2D eigenvalue weighted by Gasteiger charge is -2.10. The molecule has 1 aliphatic heterocycles. The van der Waals surface area contributed by atoms with Gasteiger partial charge >= 0.3 is 5.91 Å². The Labute approximate surface area is 118 Å². The Morgan fingerprint density at radius 1 is 0.857 bits per heavy atom. The van der Waals surface area contributed by atoms with Crippen LogP contribution in [0.25, 0.3) is 0 Å². The van der Waals surface area contributed by atoms with Crippen LogP contribution in [0.1, 0.15) is 5.56 Å². The van der Waals surface area contributed by atoms with Gasteiger partial charge in [0.2, 0.25) is 0 Å². The lowest BCUT2D eigenvalue weighted by molar-refractivity contribution is -0.131. The smallest absolute Gasteiger partial charge is 0.281 e. The lowest BCUT2D eigenvalue weighted by atomic mass is 10.1. The van der Waals surface area contributed by atoms with Crippen molar-refractivity contribution >= 4 is 23.1 Å². The van der Waals surface area contributed by atoms with Crippen LogP contribution in [0, 0.1) is 11.6 Å². The third kappa shape index (κ3) is 2.10. The number of anilines is 1. The highest BCUT2D eigenvalue weighted by Crippen LogP contribution is 2.24. The van der Waals surface area contributed by atoms with Gasteiger partial charge in [-0.25, -0.2) is 8.78 Å².